The van der Waals surface area contributed by atoms with Crippen molar-refractivity contribution in [1.82, 2.24) is 15.5 Å². The molecule has 1 aromatic heterocycles. The number of carbonyl (C=O) groups is 2. The number of aryl methyl sites for hydroxylation is 1. The Morgan fingerprint density at radius 2 is 1.72 bits per heavy atom. The summed E-state index contributed by atoms with van der Waals surface area (Å²) in [5.74, 6) is 2.87. The van der Waals surface area contributed by atoms with Gasteiger partial charge in [-0.15, -0.1) is 0 Å². The molecule has 6 nitrogen and oxygen atoms in total. The monoisotopic (exact) mass is 443 g/mol. The van der Waals surface area contributed by atoms with Crippen molar-refractivity contribution in [3.05, 3.63) is 23.7 Å². The highest BCUT2D eigenvalue weighted by atomic mass is 16.3. The lowest BCUT2D eigenvalue weighted by atomic mass is 9.84. The second-order valence-electron chi connectivity index (χ2n) is 10.3. The molecule has 3 fully saturated rings. The van der Waals surface area contributed by atoms with E-state index >= 15 is 0 Å². The van der Waals surface area contributed by atoms with Crippen molar-refractivity contribution in [2.75, 3.05) is 19.6 Å². The highest BCUT2D eigenvalue weighted by molar-refractivity contribution is 5.79. The standard InChI is InChI=1S/C26H41N3O3/c1-19-9-14-24(32-19)23(29-15-5-6-16-29)18-27-26(31)21-10-12-22(13-11-21)28-25(30)17-20-7-3-2-4-8-20/h9,14,20-23H,2-8,10-13,15-18H2,1H3,(H,27,31)(H,28,30). The van der Waals surface area contributed by atoms with Gasteiger partial charge in [-0.25, -0.2) is 0 Å². The van der Waals surface area contributed by atoms with Gasteiger partial charge in [-0.1, -0.05) is 19.3 Å². The van der Waals surface area contributed by atoms with E-state index in [0.29, 0.717) is 18.9 Å². The maximum Gasteiger partial charge on any atom is 0.223 e. The van der Waals surface area contributed by atoms with Crippen LogP contribution in [-0.2, 0) is 9.59 Å². The Hall–Kier alpha value is -1.82. The van der Waals surface area contributed by atoms with Crippen molar-refractivity contribution in [2.45, 2.75) is 96.1 Å². The Labute approximate surface area is 192 Å². The van der Waals surface area contributed by atoms with Gasteiger partial charge in [0.25, 0.3) is 0 Å². The number of carbonyl (C=O) groups excluding carboxylic acids is 2. The van der Waals surface area contributed by atoms with Crippen LogP contribution in [0.3, 0.4) is 0 Å². The molecule has 1 unspecified atom stereocenters. The normalized spacial score (nSPS) is 26.0. The fourth-order valence-electron chi connectivity index (χ4n) is 5.88. The molecule has 3 aliphatic rings. The van der Waals surface area contributed by atoms with Gasteiger partial charge in [-0.05, 0) is 89.4 Å². The van der Waals surface area contributed by atoms with Crippen LogP contribution in [-0.4, -0.2) is 42.4 Å². The molecule has 1 saturated heterocycles. The second-order valence-corrected chi connectivity index (χ2v) is 10.3. The summed E-state index contributed by atoms with van der Waals surface area (Å²) in [5.41, 5.74) is 0. The molecule has 2 amide bonds. The highest BCUT2D eigenvalue weighted by Crippen LogP contribution is 2.29. The van der Waals surface area contributed by atoms with E-state index in [0.717, 1.165) is 50.3 Å². The summed E-state index contributed by atoms with van der Waals surface area (Å²) >= 11 is 0. The molecular formula is C26H41N3O3. The van der Waals surface area contributed by atoms with Crippen molar-refractivity contribution in [1.29, 1.82) is 0 Å². The zero-order chi connectivity index (χ0) is 22.3. The number of rotatable bonds is 8. The quantitative estimate of drug-likeness (QED) is 0.621. The minimum absolute atomic E-state index is 0.0547. The van der Waals surface area contributed by atoms with E-state index in [-0.39, 0.29) is 29.8 Å². The summed E-state index contributed by atoms with van der Waals surface area (Å²) in [6.07, 6.45) is 12.9. The van der Waals surface area contributed by atoms with Crippen LogP contribution in [0, 0.1) is 18.8 Å². The number of likely N-dealkylation sites (tertiary alicyclic amines) is 1. The van der Waals surface area contributed by atoms with E-state index in [9.17, 15) is 9.59 Å². The lowest BCUT2D eigenvalue weighted by Gasteiger charge is -2.30. The number of furan rings is 1. The van der Waals surface area contributed by atoms with Crippen LogP contribution in [0.5, 0.6) is 0 Å². The molecule has 2 aliphatic carbocycles. The molecule has 4 rings (SSSR count). The van der Waals surface area contributed by atoms with E-state index in [1.165, 1.54) is 44.9 Å². The predicted octanol–water partition coefficient (Wildman–Crippen LogP) is 4.49. The maximum absolute atomic E-state index is 12.9. The van der Waals surface area contributed by atoms with Crippen molar-refractivity contribution in [2.24, 2.45) is 11.8 Å². The fourth-order valence-corrected chi connectivity index (χ4v) is 5.88. The Morgan fingerprint density at radius 3 is 2.38 bits per heavy atom. The Morgan fingerprint density at radius 1 is 1.00 bits per heavy atom. The van der Waals surface area contributed by atoms with Gasteiger partial charge in [0.05, 0.1) is 6.04 Å². The largest absolute Gasteiger partial charge is 0.465 e. The summed E-state index contributed by atoms with van der Waals surface area (Å²) in [6.45, 7) is 4.69. The van der Waals surface area contributed by atoms with E-state index in [4.69, 9.17) is 4.42 Å². The molecule has 1 aliphatic heterocycles. The molecular weight excluding hydrogens is 402 g/mol. The fraction of sp³-hybridized carbons (Fsp3) is 0.769. The average molecular weight is 444 g/mol. The van der Waals surface area contributed by atoms with Crippen LogP contribution in [0.15, 0.2) is 16.5 Å². The van der Waals surface area contributed by atoms with Gasteiger partial charge in [0.15, 0.2) is 0 Å². The molecule has 32 heavy (non-hydrogen) atoms. The first-order valence-corrected chi connectivity index (χ1v) is 13.0. The molecule has 0 spiro atoms. The molecule has 178 valence electrons. The van der Waals surface area contributed by atoms with Gasteiger partial charge in [-0.3, -0.25) is 14.5 Å². The first-order valence-electron chi connectivity index (χ1n) is 13.0. The Kier molecular flexibility index (Phi) is 8.28. The van der Waals surface area contributed by atoms with Crippen molar-refractivity contribution in [3.8, 4) is 0 Å². The molecule has 2 N–H and O–H groups in total. The molecule has 0 bridgehead atoms. The van der Waals surface area contributed by atoms with Gasteiger partial charge in [0.1, 0.15) is 11.5 Å². The van der Waals surface area contributed by atoms with Gasteiger partial charge >= 0.3 is 0 Å². The van der Waals surface area contributed by atoms with E-state index < -0.39 is 0 Å². The van der Waals surface area contributed by atoms with Gasteiger partial charge < -0.3 is 15.1 Å². The Balaban J connectivity index is 1.20. The molecule has 1 atom stereocenters. The number of nitrogens with one attached hydrogen (secondary N) is 2. The summed E-state index contributed by atoms with van der Waals surface area (Å²) in [4.78, 5) is 27.8. The van der Waals surface area contributed by atoms with Crippen LogP contribution < -0.4 is 10.6 Å². The zero-order valence-corrected chi connectivity index (χ0v) is 19.7. The first kappa shape index (κ1) is 23.3. The number of nitrogens with zero attached hydrogens (tertiary/aromatic N) is 1. The van der Waals surface area contributed by atoms with E-state index in [1.807, 2.05) is 19.1 Å². The van der Waals surface area contributed by atoms with Crippen LogP contribution >= 0.6 is 0 Å². The molecule has 2 heterocycles. The maximum atomic E-state index is 12.9. The van der Waals surface area contributed by atoms with E-state index in [1.54, 1.807) is 0 Å². The number of hydrogen-bond donors (Lipinski definition) is 2. The SMILES string of the molecule is Cc1ccc(C(CNC(=O)C2CCC(NC(=O)CC3CCCCC3)CC2)N2CCCC2)o1. The van der Waals surface area contributed by atoms with Crippen molar-refractivity contribution in [3.63, 3.8) is 0 Å². The third-order valence-corrected chi connectivity index (χ3v) is 7.80. The van der Waals surface area contributed by atoms with Crippen LogP contribution in [0.1, 0.15) is 94.6 Å². The molecule has 0 aromatic carbocycles. The number of hydrogen-bond acceptors (Lipinski definition) is 4. The summed E-state index contributed by atoms with van der Waals surface area (Å²) < 4.78 is 5.91. The lowest BCUT2D eigenvalue weighted by molar-refractivity contribution is -0.126. The number of amides is 2. The second kappa shape index (κ2) is 11.4. The van der Waals surface area contributed by atoms with Crippen LogP contribution in [0.2, 0.25) is 0 Å². The van der Waals surface area contributed by atoms with Gasteiger partial charge in [0, 0.05) is 24.9 Å². The van der Waals surface area contributed by atoms with Crippen molar-refractivity contribution >= 4 is 11.8 Å². The smallest absolute Gasteiger partial charge is 0.223 e. The minimum atomic E-state index is 0.0547. The third kappa shape index (κ3) is 6.37. The van der Waals surface area contributed by atoms with Gasteiger partial charge in [-0.2, -0.15) is 0 Å². The van der Waals surface area contributed by atoms with Crippen LogP contribution in [0.4, 0.5) is 0 Å². The third-order valence-electron chi connectivity index (χ3n) is 7.80. The topological polar surface area (TPSA) is 74.6 Å². The average Bonchev–Trinajstić information content (AvgIpc) is 3.47. The molecule has 1 aromatic rings. The molecule has 2 saturated carbocycles. The van der Waals surface area contributed by atoms with Crippen molar-refractivity contribution < 1.29 is 14.0 Å². The first-order chi connectivity index (χ1) is 15.6. The van der Waals surface area contributed by atoms with Crippen LogP contribution in [0.25, 0.3) is 0 Å². The lowest BCUT2D eigenvalue weighted by Crippen LogP contribution is -2.43. The molecule has 6 heteroatoms. The highest BCUT2D eigenvalue weighted by Gasteiger charge is 2.30. The summed E-state index contributed by atoms with van der Waals surface area (Å²) in [7, 11) is 0. The Bertz CT molecular complexity index is 741. The molecule has 0 radical (unpaired) electrons. The van der Waals surface area contributed by atoms with E-state index in [2.05, 4.69) is 15.5 Å². The minimum Gasteiger partial charge on any atom is -0.465 e. The predicted molar refractivity (Wildman–Crippen MR) is 125 cm³/mol. The zero-order valence-electron chi connectivity index (χ0n) is 19.7. The summed E-state index contributed by atoms with van der Waals surface area (Å²) in [6, 6.07) is 4.40. The summed E-state index contributed by atoms with van der Waals surface area (Å²) in [5, 5.41) is 6.47. The van der Waals surface area contributed by atoms with Gasteiger partial charge in [0.2, 0.25) is 11.8 Å².